The SMILES string of the molecule is Cn1c(C(=O)O)cc2c1CCSC2. The molecule has 0 spiro atoms. The molecule has 2 rings (SSSR count). The number of aromatic nitrogens is 1. The van der Waals surface area contributed by atoms with E-state index in [0.29, 0.717) is 5.69 Å². The molecule has 1 aliphatic rings. The summed E-state index contributed by atoms with van der Waals surface area (Å²) >= 11 is 1.87. The van der Waals surface area contributed by atoms with Crippen molar-refractivity contribution in [3.05, 3.63) is 23.0 Å². The summed E-state index contributed by atoms with van der Waals surface area (Å²) < 4.78 is 1.80. The van der Waals surface area contributed by atoms with Crippen LogP contribution in [0.25, 0.3) is 0 Å². The summed E-state index contributed by atoms with van der Waals surface area (Å²) in [5.41, 5.74) is 2.79. The maximum Gasteiger partial charge on any atom is 0.352 e. The second-order valence-electron chi connectivity index (χ2n) is 3.17. The van der Waals surface area contributed by atoms with Crippen molar-refractivity contribution in [2.24, 2.45) is 7.05 Å². The lowest BCUT2D eigenvalue weighted by molar-refractivity contribution is 0.0686. The molecule has 70 valence electrons. The van der Waals surface area contributed by atoms with Gasteiger partial charge >= 0.3 is 5.97 Å². The number of fused-ring (bicyclic) bond motifs is 1. The quantitative estimate of drug-likeness (QED) is 0.742. The molecule has 0 saturated heterocycles. The van der Waals surface area contributed by atoms with Gasteiger partial charge in [-0.05, 0) is 23.8 Å². The molecule has 2 heterocycles. The molecule has 0 saturated carbocycles. The number of hydrogen-bond acceptors (Lipinski definition) is 2. The third kappa shape index (κ3) is 1.35. The van der Waals surface area contributed by atoms with E-state index in [-0.39, 0.29) is 0 Å². The van der Waals surface area contributed by atoms with Crippen LogP contribution in [-0.2, 0) is 19.2 Å². The summed E-state index contributed by atoms with van der Waals surface area (Å²) in [6, 6.07) is 1.80. The Morgan fingerprint density at radius 2 is 2.46 bits per heavy atom. The molecule has 0 unspecified atom stereocenters. The van der Waals surface area contributed by atoms with Crippen LogP contribution >= 0.6 is 11.8 Å². The van der Waals surface area contributed by atoms with Gasteiger partial charge in [-0.25, -0.2) is 4.79 Å². The van der Waals surface area contributed by atoms with Crippen molar-refractivity contribution in [1.29, 1.82) is 0 Å². The molecule has 0 atom stereocenters. The van der Waals surface area contributed by atoms with Crippen molar-refractivity contribution in [2.45, 2.75) is 12.2 Å². The predicted molar refractivity (Wildman–Crippen MR) is 52.2 cm³/mol. The van der Waals surface area contributed by atoms with Gasteiger partial charge in [-0.1, -0.05) is 0 Å². The fraction of sp³-hybridized carbons (Fsp3) is 0.444. The molecule has 0 aromatic carbocycles. The van der Waals surface area contributed by atoms with Crippen LogP contribution in [0.5, 0.6) is 0 Å². The molecule has 13 heavy (non-hydrogen) atoms. The van der Waals surface area contributed by atoms with E-state index in [4.69, 9.17) is 5.11 Å². The highest BCUT2D eigenvalue weighted by Gasteiger charge is 2.19. The van der Waals surface area contributed by atoms with E-state index in [0.717, 1.165) is 17.9 Å². The summed E-state index contributed by atoms with van der Waals surface area (Å²) in [6.45, 7) is 0. The maximum absolute atomic E-state index is 10.8. The van der Waals surface area contributed by atoms with Crippen molar-refractivity contribution in [3.63, 3.8) is 0 Å². The normalized spacial score (nSPS) is 15.5. The molecular weight excluding hydrogens is 186 g/mol. The Kier molecular flexibility index (Phi) is 2.07. The average molecular weight is 197 g/mol. The monoisotopic (exact) mass is 197 g/mol. The Morgan fingerprint density at radius 3 is 3.08 bits per heavy atom. The van der Waals surface area contributed by atoms with E-state index in [9.17, 15) is 4.79 Å². The van der Waals surface area contributed by atoms with Crippen molar-refractivity contribution in [1.82, 2.24) is 4.57 Å². The number of aromatic carboxylic acids is 1. The third-order valence-corrected chi connectivity index (χ3v) is 3.42. The molecule has 0 bridgehead atoms. The van der Waals surface area contributed by atoms with Gasteiger partial charge in [0.15, 0.2) is 0 Å². The Balaban J connectivity index is 2.50. The standard InChI is InChI=1S/C9H11NO2S/c1-10-7-2-3-13-5-6(7)4-8(10)9(11)12/h4H,2-3,5H2,1H3,(H,11,12). The topological polar surface area (TPSA) is 42.2 Å². The van der Waals surface area contributed by atoms with Gasteiger partial charge in [0.25, 0.3) is 0 Å². The van der Waals surface area contributed by atoms with Gasteiger partial charge in [0.05, 0.1) is 0 Å². The lowest BCUT2D eigenvalue weighted by atomic mass is 10.2. The summed E-state index contributed by atoms with van der Waals surface area (Å²) in [5, 5.41) is 8.89. The second kappa shape index (κ2) is 3.10. The molecule has 4 heteroatoms. The Labute approximate surface area is 80.7 Å². The Morgan fingerprint density at radius 1 is 1.69 bits per heavy atom. The van der Waals surface area contributed by atoms with Crippen LogP contribution < -0.4 is 0 Å². The molecular formula is C9H11NO2S. The van der Waals surface area contributed by atoms with Crippen molar-refractivity contribution in [2.75, 3.05) is 5.75 Å². The van der Waals surface area contributed by atoms with Gasteiger partial charge in [-0.3, -0.25) is 0 Å². The minimum atomic E-state index is -0.832. The first kappa shape index (κ1) is 8.69. The summed E-state index contributed by atoms with van der Waals surface area (Å²) in [4.78, 5) is 10.8. The van der Waals surface area contributed by atoms with Crippen molar-refractivity contribution >= 4 is 17.7 Å². The molecule has 1 aromatic rings. The number of nitrogens with zero attached hydrogens (tertiary/aromatic N) is 1. The molecule has 0 radical (unpaired) electrons. The van der Waals surface area contributed by atoms with Crippen LogP contribution in [-0.4, -0.2) is 21.4 Å². The first-order valence-corrected chi connectivity index (χ1v) is 5.34. The zero-order valence-corrected chi connectivity index (χ0v) is 8.23. The highest BCUT2D eigenvalue weighted by atomic mass is 32.2. The van der Waals surface area contributed by atoms with Gasteiger partial charge in [0, 0.05) is 18.5 Å². The van der Waals surface area contributed by atoms with E-state index >= 15 is 0 Å². The molecule has 1 aliphatic heterocycles. The fourth-order valence-corrected chi connectivity index (χ4v) is 2.67. The Hall–Kier alpha value is -0.900. The van der Waals surface area contributed by atoms with Crippen LogP contribution in [0.15, 0.2) is 6.07 Å². The minimum absolute atomic E-state index is 0.410. The summed E-state index contributed by atoms with van der Waals surface area (Å²) in [5.74, 6) is 1.22. The van der Waals surface area contributed by atoms with Crippen molar-refractivity contribution < 1.29 is 9.90 Å². The largest absolute Gasteiger partial charge is 0.477 e. The van der Waals surface area contributed by atoms with Crippen LogP contribution in [0, 0.1) is 0 Å². The highest BCUT2D eigenvalue weighted by Crippen LogP contribution is 2.26. The molecule has 0 aliphatic carbocycles. The second-order valence-corrected chi connectivity index (χ2v) is 4.27. The fourth-order valence-electron chi connectivity index (χ4n) is 1.72. The zero-order valence-electron chi connectivity index (χ0n) is 7.41. The number of carboxylic acids is 1. The van der Waals surface area contributed by atoms with E-state index in [1.54, 1.807) is 10.6 Å². The third-order valence-electron chi connectivity index (χ3n) is 2.41. The van der Waals surface area contributed by atoms with Gasteiger partial charge < -0.3 is 9.67 Å². The minimum Gasteiger partial charge on any atom is -0.477 e. The molecule has 1 aromatic heterocycles. The summed E-state index contributed by atoms with van der Waals surface area (Å²) in [6.07, 6.45) is 0.990. The number of carboxylic acid groups (broad SMARTS) is 1. The number of thioether (sulfide) groups is 1. The van der Waals surface area contributed by atoms with Gasteiger partial charge in [-0.2, -0.15) is 11.8 Å². The zero-order chi connectivity index (χ0) is 9.42. The van der Waals surface area contributed by atoms with Gasteiger partial charge in [0.2, 0.25) is 0 Å². The molecule has 0 fully saturated rings. The van der Waals surface area contributed by atoms with Gasteiger partial charge in [-0.15, -0.1) is 0 Å². The Bertz CT molecular complexity index is 357. The summed E-state index contributed by atoms with van der Waals surface area (Å²) in [7, 11) is 1.83. The van der Waals surface area contributed by atoms with E-state index < -0.39 is 5.97 Å². The number of hydrogen-bond donors (Lipinski definition) is 1. The van der Waals surface area contributed by atoms with Crippen LogP contribution in [0.2, 0.25) is 0 Å². The van der Waals surface area contributed by atoms with E-state index in [1.807, 2.05) is 18.8 Å². The molecule has 1 N–H and O–H groups in total. The van der Waals surface area contributed by atoms with E-state index in [2.05, 4.69) is 0 Å². The smallest absolute Gasteiger partial charge is 0.352 e. The van der Waals surface area contributed by atoms with E-state index in [1.165, 1.54) is 11.3 Å². The molecule has 0 amide bonds. The average Bonchev–Trinajstić information content (AvgIpc) is 2.45. The number of carbonyl (C=O) groups is 1. The van der Waals surface area contributed by atoms with Crippen LogP contribution in [0.1, 0.15) is 21.7 Å². The molecule has 3 nitrogen and oxygen atoms in total. The lowest BCUT2D eigenvalue weighted by Gasteiger charge is -2.12. The van der Waals surface area contributed by atoms with Crippen molar-refractivity contribution in [3.8, 4) is 0 Å². The maximum atomic E-state index is 10.8. The number of rotatable bonds is 1. The van der Waals surface area contributed by atoms with Crippen LogP contribution in [0.4, 0.5) is 0 Å². The highest BCUT2D eigenvalue weighted by molar-refractivity contribution is 7.98. The predicted octanol–water partition coefficient (Wildman–Crippen LogP) is 1.51. The lowest BCUT2D eigenvalue weighted by Crippen LogP contribution is -2.09. The first-order valence-electron chi connectivity index (χ1n) is 4.18. The first-order chi connectivity index (χ1) is 6.20. The van der Waals surface area contributed by atoms with Crippen LogP contribution in [0.3, 0.4) is 0 Å². The van der Waals surface area contributed by atoms with Gasteiger partial charge in [0.1, 0.15) is 5.69 Å².